The maximum atomic E-state index is 13.1. The number of hydrogen-bond donors (Lipinski definition) is 1. The Hall–Kier alpha value is -1.39. The summed E-state index contributed by atoms with van der Waals surface area (Å²) < 4.78 is 19.0. The van der Waals surface area contributed by atoms with Gasteiger partial charge in [-0.15, -0.1) is 0 Å². The Bertz CT molecular complexity index is 572. The molecule has 1 unspecified atom stereocenters. The third-order valence-corrected chi connectivity index (χ3v) is 3.50. The molecule has 0 spiro atoms. The lowest BCUT2D eigenvalue weighted by molar-refractivity contribution is 0.178. The fourth-order valence-electron chi connectivity index (χ4n) is 1.89. The molecule has 0 saturated heterocycles. The Labute approximate surface area is 120 Å². The minimum Gasteiger partial charge on any atom is -0.496 e. The van der Waals surface area contributed by atoms with Crippen molar-refractivity contribution < 1.29 is 14.2 Å². The zero-order chi connectivity index (χ0) is 13.8. The van der Waals surface area contributed by atoms with Crippen LogP contribution in [0.1, 0.15) is 17.2 Å². The smallest absolute Gasteiger partial charge is 0.133 e. The first-order valence-corrected chi connectivity index (χ1v) is 6.65. The minimum atomic E-state index is -0.677. The van der Waals surface area contributed by atoms with Crippen LogP contribution in [-0.4, -0.2) is 12.2 Å². The first kappa shape index (κ1) is 14.0. The quantitative estimate of drug-likeness (QED) is 0.925. The number of rotatable bonds is 4. The third-order valence-electron chi connectivity index (χ3n) is 2.88. The van der Waals surface area contributed by atoms with E-state index in [2.05, 4.69) is 15.9 Å². The molecular formula is C15H14BrFO2. The Morgan fingerprint density at radius 1 is 1.26 bits per heavy atom. The topological polar surface area (TPSA) is 29.5 Å². The fourth-order valence-corrected chi connectivity index (χ4v) is 2.45. The molecule has 0 heterocycles. The van der Waals surface area contributed by atoms with Crippen LogP contribution in [0.5, 0.6) is 5.75 Å². The van der Waals surface area contributed by atoms with Gasteiger partial charge in [0.1, 0.15) is 11.6 Å². The summed E-state index contributed by atoms with van der Waals surface area (Å²) in [5.74, 6) is 0.419. The van der Waals surface area contributed by atoms with Gasteiger partial charge < -0.3 is 9.84 Å². The van der Waals surface area contributed by atoms with Crippen molar-refractivity contribution in [2.75, 3.05) is 7.11 Å². The first-order valence-electron chi connectivity index (χ1n) is 5.86. The van der Waals surface area contributed by atoms with Crippen molar-refractivity contribution in [3.8, 4) is 5.75 Å². The molecule has 0 aliphatic heterocycles. The molecule has 0 aliphatic carbocycles. The molecule has 1 N–H and O–H groups in total. The second-order valence-corrected chi connectivity index (χ2v) is 5.10. The van der Waals surface area contributed by atoms with Crippen molar-refractivity contribution >= 4 is 15.9 Å². The zero-order valence-corrected chi connectivity index (χ0v) is 12.0. The van der Waals surface area contributed by atoms with E-state index < -0.39 is 6.10 Å². The maximum Gasteiger partial charge on any atom is 0.133 e. The molecule has 0 amide bonds. The second-order valence-electron chi connectivity index (χ2n) is 4.24. The molecule has 0 fully saturated rings. The van der Waals surface area contributed by atoms with Gasteiger partial charge in [-0.2, -0.15) is 0 Å². The normalized spacial score (nSPS) is 12.2. The van der Waals surface area contributed by atoms with Crippen molar-refractivity contribution in [2.45, 2.75) is 12.5 Å². The van der Waals surface area contributed by atoms with E-state index >= 15 is 0 Å². The lowest BCUT2D eigenvalue weighted by Gasteiger charge is -2.13. The predicted molar refractivity (Wildman–Crippen MR) is 75.8 cm³/mol. The van der Waals surface area contributed by atoms with E-state index in [1.807, 2.05) is 6.07 Å². The highest BCUT2D eigenvalue weighted by molar-refractivity contribution is 9.10. The summed E-state index contributed by atoms with van der Waals surface area (Å²) in [5, 5.41) is 10.2. The number of halogens is 2. The molecule has 100 valence electrons. The number of benzene rings is 2. The SMILES string of the molecule is COc1ccc(C(O)Cc2cccc(F)c2)cc1Br. The number of ether oxygens (including phenoxy) is 1. The molecule has 19 heavy (non-hydrogen) atoms. The van der Waals surface area contributed by atoms with E-state index in [0.29, 0.717) is 12.2 Å². The summed E-state index contributed by atoms with van der Waals surface area (Å²) in [4.78, 5) is 0. The van der Waals surface area contributed by atoms with Gasteiger partial charge in [0.15, 0.2) is 0 Å². The largest absolute Gasteiger partial charge is 0.496 e. The van der Waals surface area contributed by atoms with Crippen molar-refractivity contribution in [2.24, 2.45) is 0 Å². The minimum absolute atomic E-state index is 0.291. The summed E-state index contributed by atoms with van der Waals surface area (Å²) in [6.45, 7) is 0. The number of hydrogen-bond acceptors (Lipinski definition) is 2. The van der Waals surface area contributed by atoms with Crippen LogP contribution in [0, 0.1) is 5.82 Å². The van der Waals surface area contributed by atoms with Gasteiger partial charge in [0.25, 0.3) is 0 Å². The highest BCUT2D eigenvalue weighted by Crippen LogP contribution is 2.29. The van der Waals surface area contributed by atoms with E-state index in [9.17, 15) is 9.50 Å². The Morgan fingerprint density at radius 2 is 2.05 bits per heavy atom. The molecule has 0 aromatic heterocycles. The maximum absolute atomic E-state index is 13.1. The average molecular weight is 325 g/mol. The van der Waals surface area contributed by atoms with Crippen LogP contribution < -0.4 is 4.74 Å². The molecule has 2 aromatic rings. The molecule has 2 rings (SSSR count). The van der Waals surface area contributed by atoms with E-state index in [0.717, 1.165) is 15.6 Å². The fraction of sp³-hybridized carbons (Fsp3) is 0.200. The molecule has 1 atom stereocenters. The Morgan fingerprint density at radius 3 is 2.68 bits per heavy atom. The third kappa shape index (κ3) is 3.55. The van der Waals surface area contributed by atoms with Gasteiger partial charge in [-0.3, -0.25) is 0 Å². The molecule has 2 nitrogen and oxygen atoms in total. The van der Waals surface area contributed by atoms with Crippen molar-refractivity contribution in [1.82, 2.24) is 0 Å². The average Bonchev–Trinajstić information content (AvgIpc) is 2.38. The second kappa shape index (κ2) is 6.17. The highest BCUT2D eigenvalue weighted by atomic mass is 79.9. The lowest BCUT2D eigenvalue weighted by Crippen LogP contribution is -2.02. The molecule has 4 heteroatoms. The van der Waals surface area contributed by atoms with Crippen molar-refractivity contribution in [3.05, 3.63) is 63.9 Å². The highest BCUT2D eigenvalue weighted by Gasteiger charge is 2.11. The van der Waals surface area contributed by atoms with E-state index in [-0.39, 0.29) is 5.82 Å². The van der Waals surface area contributed by atoms with Crippen molar-refractivity contribution in [1.29, 1.82) is 0 Å². The predicted octanol–water partition coefficient (Wildman–Crippen LogP) is 3.87. The van der Waals surface area contributed by atoms with Gasteiger partial charge in [-0.25, -0.2) is 4.39 Å². The summed E-state index contributed by atoms with van der Waals surface area (Å²) in [7, 11) is 1.59. The summed E-state index contributed by atoms with van der Waals surface area (Å²) >= 11 is 3.38. The molecule has 0 saturated carbocycles. The van der Waals surface area contributed by atoms with Gasteiger partial charge in [-0.1, -0.05) is 18.2 Å². The molecule has 0 aliphatic rings. The Kier molecular flexibility index (Phi) is 4.56. The van der Waals surface area contributed by atoms with E-state index in [4.69, 9.17) is 4.74 Å². The van der Waals surface area contributed by atoms with Crippen LogP contribution in [0.4, 0.5) is 4.39 Å². The zero-order valence-electron chi connectivity index (χ0n) is 10.4. The molecule has 0 bridgehead atoms. The number of methoxy groups -OCH3 is 1. The molecule has 0 radical (unpaired) electrons. The summed E-state index contributed by atoms with van der Waals surface area (Å²) in [6.07, 6.45) is -0.305. The number of aliphatic hydroxyl groups is 1. The van der Waals surface area contributed by atoms with Crippen molar-refractivity contribution in [3.63, 3.8) is 0 Å². The van der Waals surface area contributed by atoms with Gasteiger partial charge >= 0.3 is 0 Å². The van der Waals surface area contributed by atoms with Gasteiger partial charge in [0, 0.05) is 6.42 Å². The van der Waals surface area contributed by atoms with Crippen LogP contribution in [0.15, 0.2) is 46.9 Å². The van der Waals surface area contributed by atoms with E-state index in [1.54, 1.807) is 31.4 Å². The Balaban J connectivity index is 2.15. The first-order chi connectivity index (χ1) is 9.10. The monoisotopic (exact) mass is 324 g/mol. The lowest BCUT2D eigenvalue weighted by atomic mass is 10.0. The van der Waals surface area contributed by atoms with Crippen LogP contribution in [0.3, 0.4) is 0 Å². The standard InChI is InChI=1S/C15H14BrFO2/c1-19-15-6-5-11(9-13(15)16)14(18)8-10-3-2-4-12(17)7-10/h2-7,9,14,18H,8H2,1H3. The van der Waals surface area contributed by atoms with E-state index in [1.165, 1.54) is 12.1 Å². The van der Waals surface area contributed by atoms with Crippen LogP contribution in [0.25, 0.3) is 0 Å². The molecule has 2 aromatic carbocycles. The van der Waals surface area contributed by atoms with Crippen LogP contribution >= 0.6 is 15.9 Å². The van der Waals surface area contributed by atoms with Crippen LogP contribution in [-0.2, 0) is 6.42 Å². The molecular weight excluding hydrogens is 311 g/mol. The van der Waals surface area contributed by atoms with Gasteiger partial charge in [0.2, 0.25) is 0 Å². The summed E-state index contributed by atoms with van der Waals surface area (Å²) in [5.41, 5.74) is 1.52. The summed E-state index contributed by atoms with van der Waals surface area (Å²) in [6, 6.07) is 11.7. The van der Waals surface area contributed by atoms with Gasteiger partial charge in [-0.05, 0) is 51.3 Å². The van der Waals surface area contributed by atoms with Gasteiger partial charge in [0.05, 0.1) is 17.7 Å². The van der Waals surface area contributed by atoms with Crippen LogP contribution in [0.2, 0.25) is 0 Å². The number of aliphatic hydroxyl groups excluding tert-OH is 1.